The van der Waals surface area contributed by atoms with E-state index in [1.807, 2.05) is 0 Å². The summed E-state index contributed by atoms with van der Waals surface area (Å²) in [4.78, 5) is 26.6. The lowest BCUT2D eigenvalue weighted by Crippen LogP contribution is -2.22. The van der Waals surface area contributed by atoms with Gasteiger partial charge >= 0.3 is 0 Å². The van der Waals surface area contributed by atoms with Crippen LogP contribution in [0.2, 0.25) is 0 Å². The zero-order chi connectivity index (χ0) is 20.8. The molecule has 3 aromatic rings. The summed E-state index contributed by atoms with van der Waals surface area (Å²) in [6, 6.07) is 20.4. The van der Waals surface area contributed by atoms with Gasteiger partial charge in [0.15, 0.2) is 11.6 Å². The van der Waals surface area contributed by atoms with Crippen molar-refractivity contribution in [3.8, 4) is 17.2 Å². The van der Waals surface area contributed by atoms with Crippen molar-refractivity contribution in [1.29, 1.82) is 0 Å². The van der Waals surface area contributed by atoms with Crippen molar-refractivity contribution in [1.82, 2.24) is 0 Å². The fourth-order valence-electron chi connectivity index (χ4n) is 3.06. The highest BCUT2D eigenvalue weighted by Gasteiger charge is 2.30. The summed E-state index contributed by atoms with van der Waals surface area (Å²) >= 11 is 0. The first-order valence-electron chi connectivity index (χ1n) is 9.08. The number of carbonyl (C=O) groups is 2. The molecule has 0 unspecified atom stereocenters. The van der Waals surface area contributed by atoms with Gasteiger partial charge in [-0.05, 0) is 66.2 Å². The predicted octanol–water partition coefficient (Wildman–Crippen LogP) is 4.56. The highest BCUT2D eigenvalue weighted by molar-refractivity contribution is 6.20. The molecule has 0 aliphatic carbocycles. The molecular formula is C24H22O5. The Hall–Kier alpha value is -3.60. The molecule has 29 heavy (non-hydrogen) atoms. The number of benzene rings is 3. The second-order valence-corrected chi connectivity index (χ2v) is 6.39. The molecule has 0 fully saturated rings. The van der Waals surface area contributed by atoms with E-state index in [2.05, 4.69) is 0 Å². The zero-order valence-corrected chi connectivity index (χ0v) is 16.5. The Kier molecular flexibility index (Phi) is 6.29. The number of hydrogen-bond acceptors (Lipinski definition) is 5. The Labute approximate surface area is 169 Å². The standard InChI is InChI=1S/C24H22O5/c1-27-19-10-4-16(5-11-19)22(23(25)17-6-12-20(28-2)13-7-17)24(26)18-8-14-21(29-3)15-9-18/h4-15,22H,1-3H3. The third kappa shape index (κ3) is 4.46. The quantitative estimate of drug-likeness (QED) is 0.417. The molecule has 0 radical (unpaired) electrons. The van der Waals surface area contributed by atoms with Crippen molar-refractivity contribution < 1.29 is 23.8 Å². The lowest BCUT2D eigenvalue weighted by molar-refractivity contribution is 0.0860. The molecule has 0 aromatic heterocycles. The van der Waals surface area contributed by atoms with Gasteiger partial charge in [-0.2, -0.15) is 0 Å². The van der Waals surface area contributed by atoms with Gasteiger partial charge in [-0.1, -0.05) is 12.1 Å². The number of Topliss-reactive ketones (excluding diaryl/α,β-unsaturated/α-hetero) is 2. The van der Waals surface area contributed by atoms with Crippen molar-refractivity contribution >= 4 is 11.6 Å². The maximum Gasteiger partial charge on any atom is 0.178 e. The fourth-order valence-corrected chi connectivity index (χ4v) is 3.06. The molecule has 0 saturated heterocycles. The van der Waals surface area contributed by atoms with Crippen LogP contribution < -0.4 is 14.2 Å². The predicted molar refractivity (Wildman–Crippen MR) is 110 cm³/mol. The van der Waals surface area contributed by atoms with Crippen molar-refractivity contribution in [2.45, 2.75) is 5.92 Å². The first-order chi connectivity index (χ1) is 14.1. The van der Waals surface area contributed by atoms with E-state index >= 15 is 0 Å². The lowest BCUT2D eigenvalue weighted by Gasteiger charge is -2.16. The topological polar surface area (TPSA) is 61.8 Å². The van der Waals surface area contributed by atoms with E-state index in [1.54, 1.807) is 94.1 Å². The van der Waals surface area contributed by atoms with Gasteiger partial charge in [0.1, 0.15) is 23.2 Å². The van der Waals surface area contributed by atoms with E-state index in [0.717, 1.165) is 0 Å². The van der Waals surface area contributed by atoms with Gasteiger partial charge in [-0.15, -0.1) is 0 Å². The summed E-state index contributed by atoms with van der Waals surface area (Å²) in [5.41, 5.74) is 1.48. The molecule has 3 rings (SSSR count). The van der Waals surface area contributed by atoms with E-state index in [0.29, 0.717) is 33.9 Å². The molecule has 0 atom stereocenters. The van der Waals surface area contributed by atoms with Gasteiger partial charge in [-0.3, -0.25) is 9.59 Å². The number of methoxy groups -OCH3 is 3. The second-order valence-electron chi connectivity index (χ2n) is 6.39. The van der Waals surface area contributed by atoms with Crippen LogP contribution in [0, 0.1) is 0 Å². The van der Waals surface area contributed by atoms with Crippen LogP contribution in [0.1, 0.15) is 32.2 Å². The summed E-state index contributed by atoms with van der Waals surface area (Å²) in [6.07, 6.45) is 0. The number of ether oxygens (including phenoxy) is 3. The van der Waals surface area contributed by atoms with Gasteiger partial charge < -0.3 is 14.2 Å². The van der Waals surface area contributed by atoms with Gasteiger partial charge in [0, 0.05) is 11.1 Å². The number of rotatable bonds is 8. The van der Waals surface area contributed by atoms with Crippen LogP contribution in [0.5, 0.6) is 17.2 Å². The van der Waals surface area contributed by atoms with Crippen molar-refractivity contribution in [2.24, 2.45) is 0 Å². The van der Waals surface area contributed by atoms with Crippen LogP contribution in [-0.2, 0) is 0 Å². The minimum Gasteiger partial charge on any atom is -0.497 e. The summed E-state index contributed by atoms with van der Waals surface area (Å²) in [5, 5.41) is 0. The van der Waals surface area contributed by atoms with Crippen LogP contribution in [0.25, 0.3) is 0 Å². The summed E-state index contributed by atoms with van der Waals surface area (Å²) in [6.45, 7) is 0. The van der Waals surface area contributed by atoms with Crippen LogP contribution >= 0.6 is 0 Å². The monoisotopic (exact) mass is 390 g/mol. The van der Waals surface area contributed by atoms with Crippen molar-refractivity contribution in [3.05, 3.63) is 89.5 Å². The van der Waals surface area contributed by atoms with E-state index in [-0.39, 0.29) is 11.6 Å². The molecule has 3 aromatic carbocycles. The molecule has 0 spiro atoms. The molecule has 0 aliphatic heterocycles. The number of hydrogen-bond donors (Lipinski definition) is 0. The van der Waals surface area contributed by atoms with Gasteiger partial charge in [0.2, 0.25) is 0 Å². The minimum absolute atomic E-state index is 0.279. The average molecular weight is 390 g/mol. The third-order valence-corrected chi connectivity index (χ3v) is 4.72. The zero-order valence-electron chi connectivity index (χ0n) is 16.5. The van der Waals surface area contributed by atoms with Gasteiger partial charge in [0.05, 0.1) is 21.3 Å². The summed E-state index contributed by atoms with van der Waals surface area (Å²) in [5.74, 6) is 0.411. The highest BCUT2D eigenvalue weighted by Crippen LogP contribution is 2.28. The third-order valence-electron chi connectivity index (χ3n) is 4.72. The SMILES string of the molecule is COc1ccc(C(=O)C(C(=O)c2ccc(OC)cc2)c2ccc(OC)cc2)cc1. The molecule has 0 heterocycles. The van der Waals surface area contributed by atoms with Crippen LogP contribution in [0.3, 0.4) is 0 Å². The summed E-state index contributed by atoms with van der Waals surface area (Å²) in [7, 11) is 4.69. The minimum atomic E-state index is -0.970. The normalized spacial score (nSPS) is 10.5. The van der Waals surface area contributed by atoms with Gasteiger partial charge in [-0.25, -0.2) is 0 Å². The Morgan fingerprint density at radius 2 is 0.862 bits per heavy atom. The summed E-state index contributed by atoms with van der Waals surface area (Å²) < 4.78 is 15.5. The molecule has 0 aliphatic rings. The molecule has 0 saturated carbocycles. The van der Waals surface area contributed by atoms with Gasteiger partial charge in [0.25, 0.3) is 0 Å². The average Bonchev–Trinajstić information content (AvgIpc) is 2.79. The smallest absolute Gasteiger partial charge is 0.178 e. The first-order valence-corrected chi connectivity index (χ1v) is 9.08. The Balaban J connectivity index is 2.01. The highest BCUT2D eigenvalue weighted by atomic mass is 16.5. The van der Waals surface area contributed by atoms with E-state index < -0.39 is 5.92 Å². The number of carbonyl (C=O) groups excluding carboxylic acids is 2. The maximum absolute atomic E-state index is 13.3. The maximum atomic E-state index is 13.3. The number of ketones is 2. The molecule has 0 N–H and O–H groups in total. The molecular weight excluding hydrogens is 368 g/mol. The van der Waals surface area contributed by atoms with Crippen molar-refractivity contribution in [3.63, 3.8) is 0 Å². The second kappa shape index (κ2) is 9.06. The Morgan fingerprint density at radius 1 is 0.552 bits per heavy atom. The van der Waals surface area contributed by atoms with E-state index in [1.165, 1.54) is 0 Å². The molecule has 0 amide bonds. The van der Waals surface area contributed by atoms with E-state index in [4.69, 9.17) is 14.2 Å². The molecule has 5 heteroatoms. The lowest BCUT2D eigenvalue weighted by atomic mass is 9.84. The largest absolute Gasteiger partial charge is 0.497 e. The Morgan fingerprint density at radius 3 is 1.17 bits per heavy atom. The van der Waals surface area contributed by atoms with E-state index in [9.17, 15) is 9.59 Å². The molecule has 0 bridgehead atoms. The fraction of sp³-hybridized carbons (Fsp3) is 0.167. The van der Waals surface area contributed by atoms with Crippen LogP contribution in [0.4, 0.5) is 0 Å². The molecule has 148 valence electrons. The Bertz CT molecular complexity index is 914. The van der Waals surface area contributed by atoms with Crippen molar-refractivity contribution in [2.75, 3.05) is 21.3 Å². The molecule has 5 nitrogen and oxygen atoms in total. The first kappa shape index (κ1) is 20.1. The van der Waals surface area contributed by atoms with Crippen LogP contribution in [0.15, 0.2) is 72.8 Å². The van der Waals surface area contributed by atoms with Crippen LogP contribution in [-0.4, -0.2) is 32.9 Å².